The summed E-state index contributed by atoms with van der Waals surface area (Å²) in [7, 11) is 1.62. The Morgan fingerprint density at radius 1 is 1.11 bits per heavy atom. The van der Waals surface area contributed by atoms with Gasteiger partial charge in [-0.2, -0.15) is 0 Å². The molecule has 1 aliphatic carbocycles. The number of carbonyl (C=O) groups is 1. The van der Waals surface area contributed by atoms with Gasteiger partial charge in [-0.15, -0.1) is 0 Å². The Bertz CT molecular complexity index is 833. The first-order valence-electron chi connectivity index (χ1n) is 9.83. The van der Waals surface area contributed by atoms with Crippen LogP contribution >= 0.6 is 0 Å². The predicted octanol–water partition coefficient (Wildman–Crippen LogP) is 4.79. The van der Waals surface area contributed by atoms with E-state index in [1.165, 1.54) is 6.42 Å². The van der Waals surface area contributed by atoms with E-state index >= 15 is 0 Å². The van der Waals surface area contributed by atoms with Gasteiger partial charge in [-0.05, 0) is 42.7 Å². The van der Waals surface area contributed by atoms with Crippen LogP contribution in [0.2, 0.25) is 0 Å². The van der Waals surface area contributed by atoms with Crippen molar-refractivity contribution in [3.8, 4) is 17.2 Å². The number of hydrogen-bond acceptors (Lipinski definition) is 4. The largest absolute Gasteiger partial charge is 0.497 e. The highest BCUT2D eigenvalue weighted by Crippen LogP contribution is 2.33. The normalized spacial score (nSPS) is 15.9. The lowest BCUT2D eigenvalue weighted by Crippen LogP contribution is -2.43. The zero-order chi connectivity index (χ0) is 19.3. The lowest BCUT2D eigenvalue weighted by atomic mass is 9.94. The molecular formula is C22H26N2O4. The molecule has 0 bridgehead atoms. The molecule has 0 unspecified atom stereocenters. The molecule has 4 rings (SSSR count). The highest BCUT2D eigenvalue weighted by molar-refractivity contribution is 5.89. The Labute approximate surface area is 165 Å². The minimum Gasteiger partial charge on any atom is -0.497 e. The first-order valence-corrected chi connectivity index (χ1v) is 9.83. The van der Waals surface area contributed by atoms with Gasteiger partial charge in [0, 0.05) is 24.3 Å². The molecule has 6 nitrogen and oxygen atoms in total. The van der Waals surface area contributed by atoms with E-state index in [0.717, 1.165) is 54.2 Å². The Kier molecular flexibility index (Phi) is 5.55. The van der Waals surface area contributed by atoms with Gasteiger partial charge < -0.3 is 24.4 Å². The van der Waals surface area contributed by atoms with Crippen LogP contribution in [0.25, 0.3) is 0 Å². The number of ether oxygens (including phenoxy) is 3. The van der Waals surface area contributed by atoms with Crippen LogP contribution in [0.3, 0.4) is 0 Å². The third-order valence-electron chi connectivity index (χ3n) is 5.39. The van der Waals surface area contributed by atoms with Crippen molar-refractivity contribution in [1.29, 1.82) is 0 Å². The second-order valence-corrected chi connectivity index (χ2v) is 7.27. The number of fused-ring (bicyclic) bond motifs is 1. The molecule has 2 aliphatic rings. The SMILES string of the molecule is COc1cccc(NC(=O)N(Cc2ccc3c(c2)OCO3)C2CCCCC2)c1. The number of amides is 2. The van der Waals surface area contributed by atoms with Crippen molar-refractivity contribution < 1.29 is 19.0 Å². The summed E-state index contributed by atoms with van der Waals surface area (Å²) in [6.07, 6.45) is 5.64. The monoisotopic (exact) mass is 382 g/mol. The Balaban J connectivity index is 1.53. The number of rotatable bonds is 5. The van der Waals surface area contributed by atoms with E-state index in [0.29, 0.717) is 6.54 Å². The lowest BCUT2D eigenvalue weighted by Gasteiger charge is -2.34. The van der Waals surface area contributed by atoms with E-state index in [4.69, 9.17) is 14.2 Å². The van der Waals surface area contributed by atoms with Crippen molar-refractivity contribution in [3.05, 3.63) is 48.0 Å². The summed E-state index contributed by atoms with van der Waals surface area (Å²) in [5.74, 6) is 2.22. The maximum Gasteiger partial charge on any atom is 0.322 e. The van der Waals surface area contributed by atoms with Crippen molar-refractivity contribution in [2.45, 2.75) is 44.7 Å². The molecule has 0 atom stereocenters. The molecule has 6 heteroatoms. The summed E-state index contributed by atoms with van der Waals surface area (Å²) in [6, 6.07) is 13.5. The van der Waals surface area contributed by atoms with Gasteiger partial charge in [0.2, 0.25) is 6.79 Å². The first-order chi connectivity index (χ1) is 13.7. The average molecular weight is 382 g/mol. The van der Waals surface area contributed by atoms with E-state index in [1.54, 1.807) is 7.11 Å². The van der Waals surface area contributed by atoms with Gasteiger partial charge >= 0.3 is 6.03 Å². The summed E-state index contributed by atoms with van der Waals surface area (Å²) in [5.41, 5.74) is 1.77. The number of hydrogen-bond donors (Lipinski definition) is 1. The summed E-state index contributed by atoms with van der Waals surface area (Å²) >= 11 is 0. The summed E-state index contributed by atoms with van der Waals surface area (Å²) in [6.45, 7) is 0.790. The number of carbonyl (C=O) groups excluding carboxylic acids is 1. The number of anilines is 1. The molecule has 1 aliphatic heterocycles. The Hall–Kier alpha value is -2.89. The van der Waals surface area contributed by atoms with Crippen LogP contribution in [0.15, 0.2) is 42.5 Å². The number of urea groups is 1. The first kappa shape index (κ1) is 18.5. The van der Waals surface area contributed by atoms with Crippen molar-refractivity contribution in [1.82, 2.24) is 4.90 Å². The standard InChI is InChI=1S/C22H26N2O4/c1-26-19-9-5-6-17(13-19)23-22(25)24(18-7-3-2-4-8-18)14-16-10-11-20-21(12-16)28-15-27-20/h5-6,9-13,18H,2-4,7-8,14-15H2,1H3,(H,23,25). The smallest absolute Gasteiger partial charge is 0.322 e. The number of methoxy groups -OCH3 is 1. The van der Waals surface area contributed by atoms with E-state index in [-0.39, 0.29) is 18.9 Å². The van der Waals surface area contributed by atoms with Crippen LogP contribution in [0, 0.1) is 0 Å². The zero-order valence-corrected chi connectivity index (χ0v) is 16.1. The molecule has 2 aromatic rings. The Morgan fingerprint density at radius 2 is 1.93 bits per heavy atom. The number of benzene rings is 2. The highest BCUT2D eigenvalue weighted by Gasteiger charge is 2.26. The third-order valence-corrected chi connectivity index (χ3v) is 5.39. The fourth-order valence-electron chi connectivity index (χ4n) is 3.89. The molecule has 1 fully saturated rings. The van der Waals surface area contributed by atoms with Crippen LogP contribution in [-0.2, 0) is 6.54 Å². The van der Waals surface area contributed by atoms with Crippen LogP contribution in [0.4, 0.5) is 10.5 Å². The van der Waals surface area contributed by atoms with E-state index in [9.17, 15) is 4.79 Å². The molecule has 28 heavy (non-hydrogen) atoms. The molecule has 0 radical (unpaired) electrons. The van der Waals surface area contributed by atoms with Gasteiger partial charge in [0.15, 0.2) is 11.5 Å². The van der Waals surface area contributed by atoms with Crippen LogP contribution < -0.4 is 19.5 Å². The van der Waals surface area contributed by atoms with Gasteiger partial charge in [-0.1, -0.05) is 31.4 Å². The molecule has 2 aromatic carbocycles. The molecule has 1 saturated carbocycles. The minimum absolute atomic E-state index is 0.0854. The maximum atomic E-state index is 13.2. The molecule has 1 N–H and O–H groups in total. The second-order valence-electron chi connectivity index (χ2n) is 7.27. The predicted molar refractivity (Wildman–Crippen MR) is 107 cm³/mol. The second kappa shape index (κ2) is 8.42. The maximum absolute atomic E-state index is 13.2. The van der Waals surface area contributed by atoms with Gasteiger partial charge in [-0.25, -0.2) is 4.79 Å². The van der Waals surface area contributed by atoms with Gasteiger partial charge in [-0.3, -0.25) is 0 Å². The minimum atomic E-state index is -0.0854. The average Bonchev–Trinajstić information content (AvgIpc) is 3.20. The van der Waals surface area contributed by atoms with Crippen LogP contribution in [0.5, 0.6) is 17.2 Å². The fourth-order valence-corrected chi connectivity index (χ4v) is 3.89. The molecule has 148 valence electrons. The molecule has 2 amide bonds. The fraction of sp³-hybridized carbons (Fsp3) is 0.409. The summed E-state index contributed by atoms with van der Waals surface area (Å²) in [5, 5.41) is 3.04. The van der Waals surface area contributed by atoms with Crippen molar-refractivity contribution in [2.75, 3.05) is 19.2 Å². The van der Waals surface area contributed by atoms with Crippen molar-refractivity contribution in [2.24, 2.45) is 0 Å². The highest BCUT2D eigenvalue weighted by atomic mass is 16.7. The van der Waals surface area contributed by atoms with E-state index in [1.807, 2.05) is 47.4 Å². The van der Waals surface area contributed by atoms with E-state index in [2.05, 4.69) is 5.32 Å². The summed E-state index contributed by atoms with van der Waals surface area (Å²) in [4.78, 5) is 15.1. The van der Waals surface area contributed by atoms with Crippen molar-refractivity contribution in [3.63, 3.8) is 0 Å². The number of nitrogens with zero attached hydrogens (tertiary/aromatic N) is 1. The lowest BCUT2D eigenvalue weighted by molar-refractivity contribution is 0.162. The zero-order valence-electron chi connectivity index (χ0n) is 16.1. The Morgan fingerprint density at radius 3 is 2.75 bits per heavy atom. The summed E-state index contributed by atoms with van der Waals surface area (Å²) < 4.78 is 16.1. The quantitative estimate of drug-likeness (QED) is 0.808. The third kappa shape index (κ3) is 4.16. The topological polar surface area (TPSA) is 60.0 Å². The van der Waals surface area contributed by atoms with Crippen LogP contribution in [0.1, 0.15) is 37.7 Å². The van der Waals surface area contributed by atoms with Gasteiger partial charge in [0.05, 0.1) is 7.11 Å². The number of nitrogens with one attached hydrogen (secondary N) is 1. The van der Waals surface area contributed by atoms with Gasteiger partial charge in [0.1, 0.15) is 5.75 Å². The van der Waals surface area contributed by atoms with Gasteiger partial charge in [0.25, 0.3) is 0 Å². The van der Waals surface area contributed by atoms with E-state index < -0.39 is 0 Å². The molecule has 0 saturated heterocycles. The van der Waals surface area contributed by atoms with Crippen molar-refractivity contribution >= 4 is 11.7 Å². The molecule has 1 heterocycles. The van der Waals surface area contributed by atoms with Crippen LogP contribution in [-0.4, -0.2) is 30.9 Å². The molecule has 0 spiro atoms. The molecular weight excluding hydrogens is 356 g/mol. The molecule has 0 aromatic heterocycles.